The Kier molecular flexibility index (Phi) is 4.07. The molecule has 1 aliphatic carbocycles. The van der Waals surface area contributed by atoms with Crippen LogP contribution in [0.25, 0.3) is 16.7 Å². The van der Waals surface area contributed by atoms with E-state index < -0.39 is 17.9 Å². The van der Waals surface area contributed by atoms with Crippen LogP contribution in [0.3, 0.4) is 0 Å². The van der Waals surface area contributed by atoms with Gasteiger partial charge in [0, 0.05) is 47.8 Å². The average molecular weight is 371 g/mol. The third-order valence-corrected chi connectivity index (χ3v) is 5.02. The Morgan fingerprint density at radius 3 is 2.78 bits per heavy atom. The van der Waals surface area contributed by atoms with E-state index in [1.165, 1.54) is 0 Å². The molecule has 1 saturated carbocycles. The van der Waals surface area contributed by atoms with Crippen LogP contribution in [0.5, 0.6) is 0 Å². The minimum atomic E-state index is -2.66. The van der Waals surface area contributed by atoms with Crippen LogP contribution in [0, 0.1) is 5.92 Å². The molecule has 1 fully saturated rings. The van der Waals surface area contributed by atoms with Gasteiger partial charge in [-0.2, -0.15) is 5.10 Å². The van der Waals surface area contributed by atoms with Gasteiger partial charge in [0.15, 0.2) is 0 Å². The van der Waals surface area contributed by atoms with Crippen molar-refractivity contribution in [1.29, 1.82) is 0 Å². The summed E-state index contributed by atoms with van der Waals surface area (Å²) in [4.78, 5) is 4.44. The molecule has 1 unspecified atom stereocenters. The van der Waals surface area contributed by atoms with Gasteiger partial charge in [-0.25, -0.2) is 13.8 Å². The number of alkyl halides is 2. The summed E-state index contributed by atoms with van der Waals surface area (Å²) in [5, 5.41) is 14.7. The van der Waals surface area contributed by atoms with E-state index in [1.807, 2.05) is 35.0 Å². The second-order valence-electron chi connectivity index (χ2n) is 6.90. The van der Waals surface area contributed by atoms with Crippen molar-refractivity contribution in [2.45, 2.75) is 24.9 Å². The number of hydrogen-bond acceptors (Lipinski definition) is 4. The predicted molar refractivity (Wildman–Crippen MR) is 98.6 cm³/mol. The van der Waals surface area contributed by atoms with E-state index in [-0.39, 0.29) is 18.7 Å². The highest BCUT2D eigenvalue weighted by atomic mass is 19.3. The SMILES string of the molecule is N/N=C(\N)c1cccc(-n2ccc3cc(C(O)C4CC(F)(F)C4)cnc32)c1. The maximum absolute atomic E-state index is 13.1. The van der Waals surface area contributed by atoms with Gasteiger partial charge in [0.1, 0.15) is 11.5 Å². The van der Waals surface area contributed by atoms with Gasteiger partial charge in [-0.05, 0) is 29.8 Å². The molecule has 1 atom stereocenters. The van der Waals surface area contributed by atoms with Crippen molar-refractivity contribution >= 4 is 16.9 Å². The van der Waals surface area contributed by atoms with Crippen molar-refractivity contribution < 1.29 is 13.9 Å². The fraction of sp³-hybridized carbons (Fsp3) is 0.263. The van der Waals surface area contributed by atoms with Gasteiger partial charge in [0.25, 0.3) is 0 Å². The zero-order valence-electron chi connectivity index (χ0n) is 14.4. The number of nitrogens with two attached hydrogens (primary N) is 2. The zero-order chi connectivity index (χ0) is 19.2. The van der Waals surface area contributed by atoms with Crippen LogP contribution in [0.1, 0.15) is 30.1 Å². The standard InChI is InChI=1S/C19H19F2N5O/c20-19(21)8-14(9-19)16(27)13-6-12-4-5-26(18(12)24-10-13)15-3-1-2-11(7-15)17(22)25-23/h1-7,10,14,16,27H,8-9,23H2,(H2,22,25). The summed E-state index contributed by atoms with van der Waals surface area (Å²) in [6.07, 6.45) is 1.88. The number of hydrazone groups is 1. The van der Waals surface area contributed by atoms with E-state index in [9.17, 15) is 13.9 Å². The van der Waals surface area contributed by atoms with Crippen LogP contribution in [0.4, 0.5) is 8.78 Å². The number of benzene rings is 1. The lowest BCUT2D eigenvalue weighted by Gasteiger charge is -2.37. The fourth-order valence-corrected chi connectivity index (χ4v) is 3.50. The van der Waals surface area contributed by atoms with E-state index in [0.717, 1.165) is 11.1 Å². The molecule has 8 heteroatoms. The molecule has 0 spiro atoms. The zero-order valence-corrected chi connectivity index (χ0v) is 14.4. The molecule has 4 rings (SSSR count). The number of halogens is 2. The molecule has 1 aromatic carbocycles. The number of aliphatic hydroxyl groups is 1. The summed E-state index contributed by atoms with van der Waals surface area (Å²) in [6, 6.07) is 11.0. The first-order chi connectivity index (χ1) is 12.9. The quantitative estimate of drug-likeness (QED) is 0.284. The van der Waals surface area contributed by atoms with Crippen molar-refractivity contribution in [2.24, 2.45) is 22.6 Å². The van der Waals surface area contributed by atoms with Crippen LogP contribution in [0.2, 0.25) is 0 Å². The summed E-state index contributed by atoms with van der Waals surface area (Å²) in [6.45, 7) is 0. The number of nitrogens with zero attached hydrogens (tertiary/aromatic N) is 3. The Hall–Kier alpha value is -3.00. The molecule has 3 aromatic rings. The highest BCUT2D eigenvalue weighted by Crippen LogP contribution is 2.48. The van der Waals surface area contributed by atoms with Crippen molar-refractivity contribution in [3.63, 3.8) is 0 Å². The van der Waals surface area contributed by atoms with Crippen molar-refractivity contribution in [1.82, 2.24) is 9.55 Å². The topological polar surface area (TPSA) is 102 Å². The monoisotopic (exact) mass is 371 g/mol. The largest absolute Gasteiger partial charge is 0.388 e. The number of pyridine rings is 1. The molecule has 2 aromatic heterocycles. The number of aliphatic hydroxyl groups excluding tert-OH is 1. The Labute approximate surface area is 154 Å². The Morgan fingerprint density at radius 2 is 2.07 bits per heavy atom. The molecule has 5 N–H and O–H groups in total. The van der Waals surface area contributed by atoms with Gasteiger partial charge in [-0.1, -0.05) is 12.1 Å². The van der Waals surface area contributed by atoms with Crippen LogP contribution in [-0.2, 0) is 0 Å². The van der Waals surface area contributed by atoms with Crippen LogP contribution in [0.15, 0.2) is 53.9 Å². The maximum Gasteiger partial charge on any atom is 0.248 e. The van der Waals surface area contributed by atoms with Gasteiger partial charge in [-0.15, -0.1) is 0 Å². The van der Waals surface area contributed by atoms with E-state index in [4.69, 9.17) is 11.6 Å². The number of hydrogen-bond donors (Lipinski definition) is 3. The first-order valence-electron chi connectivity index (χ1n) is 8.55. The molecule has 1 aliphatic rings. The Balaban J connectivity index is 1.65. The Morgan fingerprint density at radius 1 is 1.30 bits per heavy atom. The fourth-order valence-electron chi connectivity index (χ4n) is 3.50. The smallest absolute Gasteiger partial charge is 0.248 e. The van der Waals surface area contributed by atoms with Crippen molar-refractivity contribution in [2.75, 3.05) is 0 Å². The summed E-state index contributed by atoms with van der Waals surface area (Å²) < 4.78 is 28.0. The highest BCUT2D eigenvalue weighted by molar-refractivity contribution is 5.97. The third-order valence-electron chi connectivity index (χ3n) is 5.02. The molecule has 6 nitrogen and oxygen atoms in total. The van der Waals surface area contributed by atoms with Gasteiger partial charge in [0.2, 0.25) is 5.92 Å². The summed E-state index contributed by atoms with van der Waals surface area (Å²) in [5.74, 6) is 2.37. The maximum atomic E-state index is 13.1. The lowest BCUT2D eigenvalue weighted by atomic mass is 9.76. The molecular formula is C19H19F2N5O. The lowest BCUT2D eigenvalue weighted by Crippen LogP contribution is -2.38. The molecular weight excluding hydrogens is 352 g/mol. The Bertz CT molecular complexity index is 1020. The summed E-state index contributed by atoms with van der Waals surface area (Å²) in [5.41, 5.74) is 8.52. The minimum Gasteiger partial charge on any atom is -0.388 e. The molecule has 0 aliphatic heterocycles. The van der Waals surface area contributed by atoms with Crippen LogP contribution >= 0.6 is 0 Å². The molecule has 0 radical (unpaired) electrons. The number of aromatic nitrogens is 2. The van der Waals surface area contributed by atoms with Gasteiger partial charge in [0.05, 0.1) is 6.10 Å². The van der Waals surface area contributed by atoms with Crippen molar-refractivity contribution in [3.05, 3.63) is 59.9 Å². The van der Waals surface area contributed by atoms with E-state index >= 15 is 0 Å². The van der Waals surface area contributed by atoms with Gasteiger partial charge in [-0.3, -0.25) is 0 Å². The second-order valence-corrected chi connectivity index (χ2v) is 6.90. The average Bonchev–Trinajstić information content (AvgIpc) is 3.08. The normalized spacial score (nSPS) is 18.4. The number of amidine groups is 1. The molecule has 0 saturated heterocycles. The predicted octanol–water partition coefficient (Wildman–Crippen LogP) is 2.68. The van der Waals surface area contributed by atoms with Crippen molar-refractivity contribution in [3.8, 4) is 5.69 Å². The van der Waals surface area contributed by atoms with Crippen LogP contribution < -0.4 is 11.6 Å². The lowest BCUT2D eigenvalue weighted by molar-refractivity contribution is -0.142. The molecule has 0 bridgehead atoms. The van der Waals surface area contributed by atoms with E-state index in [2.05, 4.69) is 10.1 Å². The number of rotatable bonds is 4. The van der Waals surface area contributed by atoms with E-state index in [1.54, 1.807) is 18.3 Å². The first-order valence-corrected chi connectivity index (χ1v) is 8.55. The summed E-state index contributed by atoms with van der Waals surface area (Å²) >= 11 is 0. The third kappa shape index (κ3) is 3.12. The molecule has 2 heterocycles. The molecule has 140 valence electrons. The highest BCUT2D eigenvalue weighted by Gasteiger charge is 2.48. The van der Waals surface area contributed by atoms with Gasteiger partial charge >= 0.3 is 0 Å². The van der Waals surface area contributed by atoms with Gasteiger partial charge < -0.3 is 21.2 Å². The summed E-state index contributed by atoms with van der Waals surface area (Å²) in [7, 11) is 0. The van der Waals surface area contributed by atoms with E-state index in [0.29, 0.717) is 16.8 Å². The molecule has 0 amide bonds. The molecule has 27 heavy (non-hydrogen) atoms. The van der Waals surface area contributed by atoms with Crippen LogP contribution in [-0.4, -0.2) is 26.4 Å². The first kappa shape index (κ1) is 17.4. The minimum absolute atomic E-state index is 0.226. The number of fused-ring (bicyclic) bond motifs is 1. The second kappa shape index (κ2) is 6.31.